The molecule has 0 saturated heterocycles. The number of aryl methyl sites for hydroxylation is 2. The quantitative estimate of drug-likeness (QED) is 0.444. The highest BCUT2D eigenvalue weighted by atomic mass is 32.2. The fourth-order valence-electron chi connectivity index (χ4n) is 1.34. The lowest BCUT2D eigenvalue weighted by atomic mass is 10.2. The maximum atomic E-state index is 11.6. The molecule has 0 bridgehead atoms. The van der Waals surface area contributed by atoms with Crippen molar-refractivity contribution in [2.75, 3.05) is 0 Å². The molecule has 0 aromatic heterocycles. The molecule has 16 heavy (non-hydrogen) atoms. The van der Waals surface area contributed by atoms with E-state index in [1.807, 2.05) is 51.1 Å². The molecular weight excluding hydrogens is 216 g/mol. The topological polar surface area (TPSA) is 17.1 Å². The Bertz CT molecular complexity index is 410. The summed E-state index contributed by atoms with van der Waals surface area (Å²) in [6.07, 6.45) is 7.11. The summed E-state index contributed by atoms with van der Waals surface area (Å²) >= 11 is 1.29. The Balaban J connectivity index is 2.77. The molecule has 0 heterocycles. The van der Waals surface area contributed by atoms with E-state index < -0.39 is 0 Å². The Morgan fingerprint density at radius 3 is 2.38 bits per heavy atom. The van der Waals surface area contributed by atoms with Crippen molar-refractivity contribution in [3.63, 3.8) is 0 Å². The van der Waals surface area contributed by atoms with Crippen LogP contribution in [0.5, 0.6) is 0 Å². The SMILES string of the molecule is C/C=C/C=C/C(=O)Sc1c(C)cccc1C. The first-order valence-electron chi connectivity index (χ1n) is 5.22. The van der Waals surface area contributed by atoms with E-state index in [2.05, 4.69) is 0 Å². The Morgan fingerprint density at radius 2 is 1.81 bits per heavy atom. The number of thioether (sulfide) groups is 1. The van der Waals surface area contributed by atoms with Crippen molar-refractivity contribution in [3.05, 3.63) is 53.6 Å². The summed E-state index contributed by atoms with van der Waals surface area (Å²) < 4.78 is 0. The van der Waals surface area contributed by atoms with Gasteiger partial charge >= 0.3 is 0 Å². The van der Waals surface area contributed by atoms with Crippen LogP contribution in [0, 0.1) is 13.8 Å². The fourth-order valence-corrected chi connectivity index (χ4v) is 2.15. The molecule has 0 amide bonds. The molecule has 0 aliphatic carbocycles. The van der Waals surface area contributed by atoms with Crippen LogP contribution in [-0.2, 0) is 4.79 Å². The van der Waals surface area contributed by atoms with E-state index in [0.717, 1.165) is 16.0 Å². The summed E-state index contributed by atoms with van der Waals surface area (Å²) in [5.74, 6) is 0. The van der Waals surface area contributed by atoms with Crippen LogP contribution < -0.4 is 0 Å². The number of rotatable bonds is 3. The van der Waals surface area contributed by atoms with E-state index in [1.165, 1.54) is 11.8 Å². The maximum absolute atomic E-state index is 11.6. The predicted molar refractivity (Wildman–Crippen MR) is 70.7 cm³/mol. The van der Waals surface area contributed by atoms with Crippen LogP contribution in [-0.4, -0.2) is 5.12 Å². The lowest BCUT2D eigenvalue weighted by Gasteiger charge is -2.05. The van der Waals surface area contributed by atoms with Gasteiger partial charge in [-0.2, -0.15) is 0 Å². The summed E-state index contributed by atoms with van der Waals surface area (Å²) in [6.45, 7) is 5.98. The van der Waals surface area contributed by atoms with Gasteiger partial charge in [0.2, 0.25) is 5.12 Å². The van der Waals surface area contributed by atoms with E-state index in [0.29, 0.717) is 0 Å². The molecule has 1 rings (SSSR count). The van der Waals surface area contributed by atoms with Crippen molar-refractivity contribution < 1.29 is 4.79 Å². The number of allylic oxidation sites excluding steroid dienone is 3. The molecule has 2 heteroatoms. The second-order valence-electron chi connectivity index (χ2n) is 3.53. The molecule has 1 aromatic rings. The predicted octanol–water partition coefficient (Wildman–Crippen LogP) is 4.05. The van der Waals surface area contributed by atoms with E-state index in [-0.39, 0.29) is 5.12 Å². The molecule has 0 aliphatic heterocycles. The summed E-state index contributed by atoms with van der Waals surface area (Å²) in [5, 5.41) is 0.0653. The van der Waals surface area contributed by atoms with Crippen LogP contribution in [0.1, 0.15) is 18.1 Å². The third kappa shape index (κ3) is 3.70. The fraction of sp³-hybridized carbons (Fsp3) is 0.214. The Hall–Kier alpha value is -1.28. The minimum absolute atomic E-state index is 0.0653. The van der Waals surface area contributed by atoms with Crippen molar-refractivity contribution in [1.29, 1.82) is 0 Å². The largest absolute Gasteiger partial charge is 0.282 e. The zero-order valence-corrected chi connectivity index (χ0v) is 10.7. The Morgan fingerprint density at radius 1 is 1.19 bits per heavy atom. The minimum atomic E-state index is 0.0653. The monoisotopic (exact) mass is 232 g/mol. The minimum Gasteiger partial charge on any atom is -0.282 e. The van der Waals surface area contributed by atoms with Gasteiger partial charge in [0, 0.05) is 4.90 Å². The van der Waals surface area contributed by atoms with Crippen molar-refractivity contribution >= 4 is 16.9 Å². The first-order valence-corrected chi connectivity index (χ1v) is 6.04. The molecule has 0 radical (unpaired) electrons. The lowest BCUT2D eigenvalue weighted by molar-refractivity contribution is -0.107. The van der Waals surface area contributed by atoms with Crippen LogP contribution in [0.25, 0.3) is 0 Å². The van der Waals surface area contributed by atoms with E-state index in [1.54, 1.807) is 12.2 Å². The van der Waals surface area contributed by atoms with E-state index >= 15 is 0 Å². The number of hydrogen-bond donors (Lipinski definition) is 0. The molecule has 0 fully saturated rings. The van der Waals surface area contributed by atoms with Crippen LogP contribution in [0.3, 0.4) is 0 Å². The Labute approximate surface area is 101 Å². The van der Waals surface area contributed by atoms with Crippen molar-refractivity contribution in [2.24, 2.45) is 0 Å². The zero-order chi connectivity index (χ0) is 12.0. The Kier molecular flexibility index (Phi) is 5.06. The highest BCUT2D eigenvalue weighted by Gasteiger charge is 2.06. The van der Waals surface area contributed by atoms with Gasteiger partial charge in [-0.3, -0.25) is 4.79 Å². The average molecular weight is 232 g/mol. The molecule has 0 spiro atoms. The number of hydrogen-bond acceptors (Lipinski definition) is 2. The summed E-state index contributed by atoms with van der Waals surface area (Å²) in [6, 6.07) is 6.06. The first kappa shape index (κ1) is 12.8. The van der Waals surface area contributed by atoms with Crippen molar-refractivity contribution in [2.45, 2.75) is 25.7 Å². The van der Waals surface area contributed by atoms with E-state index in [9.17, 15) is 4.79 Å². The second kappa shape index (κ2) is 6.33. The van der Waals surface area contributed by atoms with Gasteiger partial charge < -0.3 is 0 Å². The normalized spacial score (nSPS) is 11.4. The van der Waals surface area contributed by atoms with Gasteiger partial charge in [0.25, 0.3) is 0 Å². The molecule has 1 aromatic carbocycles. The molecule has 0 N–H and O–H groups in total. The lowest BCUT2D eigenvalue weighted by Crippen LogP contribution is -1.90. The van der Waals surface area contributed by atoms with Crippen LogP contribution >= 0.6 is 11.8 Å². The molecule has 1 nitrogen and oxygen atoms in total. The third-order valence-electron chi connectivity index (χ3n) is 2.15. The molecule has 84 valence electrons. The van der Waals surface area contributed by atoms with Crippen molar-refractivity contribution in [1.82, 2.24) is 0 Å². The average Bonchev–Trinajstić information content (AvgIpc) is 2.24. The van der Waals surface area contributed by atoms with Gasteiger partial charge in [0.1, 0.15) is 0 Å². The molecule has 0 saturated carbocycles. The van der Waals surface area contributed by atoms with Gasteiger partial charge in [0.15, 0.2) is 0 Å². The number of carbonyl (C=O) groups is 1. The highest BCUT2D eigenvalue weighted by molar-refractivity contribution is 8.14. The van der Waals surface area contributed by atoms with E-state index in [4.69, 9.17) is 0 Å². The molecule has 0 aliphatic rings. The standard InChI is InChI=1S/C14H16OS/c1-4-5-6-10-13(15)16-14-11(2)8-7-9-12(14)3/h4-10H,1-3H3/b5-4+,10-6+. The maximum Gasteiger partial charge on any atom is 0.216 e. The van der Waals surface area contributed by atoms with Gasteiger partial charge in [-0.25, -0.2) is 0 Å². The van der Waals surface area contributed by atoms with Gasteiger partial charge in [-0.1, -0.05) is 36.4 Å². The zero-order valence-electron chi connectivity index (χ0n) is 9.86. The highest BCUT2D eigenvalue weighted by Crippen LogP contribution is 2.26. The molecular formula is C14H16OS. The third-order valence-corrected chi connectivity index (χ3v) is 3.33. The summed E-state index contributed by atoms with van der Waals surface area (Å²) in [4.78, 5) is 12.7. The van der Waals surface area contributed by atoms with Crippen molar-refractivity contribution in [3.8, 4) is 0 Å². The molecule has 0 unspecified atom stereocenters. The smallest absolute Gasteiger partial charge is 0.216 e. The van der Waals surface area contributed by atoms with Gasteiger partial charge in [-0.15, -0.1) is 0 Å². The van der Waals surface area contributed by atoms with Crippen LogP contribution in [0.15, 0.2) is 47.4 Å². The number of benzene rings is 1. The summed E-state index contributed by atoms with van der Waals surface area (Å²) in [7, 11) is 0. The number of carbonyl (C=O) groups excluding carboxylic acids is 1. The summed E-state index contributed by atoms with van der Waals surface area (Å²) in [5.41, 5.74) is 2.30. The van der Waals surface area contributed by atoms with Gasteiger partial charge in [0.05, 0.1) is 0 Å². The van der Waals surface area contributed by atoms with Crippen LogP contribution in [0.2, 0.25) is 0 Å². The van der Waals surface area contributed by atoms with Gasteiger partial charge in [-0.05, 0) is 49.7 Å². The van der Waals surface area contributed by atoms with Crippen LogP contribution in [0.4, 0.5) is 0 Å². The second-order valence-corrected chi connectivity index (χ2v) is 4.54. The first-order chi connectivity index (χ1) is 7.65. The molecule has 0 atom stereocenters.